The molecule has 0 radical (unpaired) electrons. The van der Waals surface area contributed by atoms with E-state index in [0.717, 1.165) is 0 Å². The van der Waals surface area contributed by atoms with E-state index in [1.807, 2.05) is 0 Å². The van der Waals surface area contributed by atoms with E-state index in [2.05, 4.69) is 20.0 Å². The third-order valence-electron chi connectivity index (χ3n) is 3.74. The van der Waals surface area contributed by atoms with E-state index < -0.39 is 5.97 Å². The van der Waals surface area contributed by atoms with Crippen molar-refractivity contribution in [2.75, 3.05) is 38.7 Å². The van der Waals surface area contributed by atoms with Gasteiger partial charge in [-0.1, -0.05) is 0 Å². The molecular weight excluding hydrogens is 324 g/mol. The monoisotopic (exact) mass is 342 g/mol. The fourth-order valence-corrected chi connectivity index (χ4v) is 2.40. The SMILES string of the molecule is COC(=O)c1ccc(Nc2nccc(C(=O)N3CCOCC3)n2)cc1. The average Bonchev–Trinajstić information content (AvgIpc) is 2.68. The fourth-order valence-electron chi connectivity index (χ4n) is 2.40. The van der Waals surface area contributed by atoms with Crippen molar-refractivity contribution in [3.05, 3.63) is 47.8 Å². The van der Waals surface area contributed by atoms with Crippen LogP contribution in [0.5, 0.6) is 0 Å². The van der Waals surface area contributed by atoms with Crippen LogP contribution >= 0.6 is 0 Å². The number of carbonyl (C=O) groups excluding carboxylic acids is 2. The van der Waals surface area contributed by atoms with E-state index in [-0.39, 0.29) is 5.91 Å². The lowest BCUT2D eigenvalue weighted by molar-refractivity contribution is 0.0299. The van der Waals surface area contributed by atoms with E-state index >= 15 is 0 Å². The number of methoxy groups -OCH3 is 1. The zero-order chi connectivity index (χ0) is 17.6. The number of hydrogen-bond acceptors (Lipinski definition) is 7. The molecule has 0 atom stereocenters. The van der Waals surface area contributed by atoms with Gasteiger partial charge in [-0.25, -0.2) is 14.8 Å². The van der Waals surface area contributed by atoms with E-state index in [4.69, 9.17) is 4.74 Å². The largest absolute Gasteiger partial charge is 0.465 e. The summed E-state index contributed by atoms with van der Waals surface area (Å²) in [4.78, 5) is 34.0. The van der Waals surface area contributed by atoms with Gasteiger partial charge in [0.2, 0.25) is 5.95 Å². The van der Waals surface area contributed by atoms with Crippen LogP contribution in [0.4, 0.5) is 11.6 Å². The molecule has 0 saturated carbocycles. The number of ether oxygens (including phenoxy) is 2. The number of hydrogen-bond donors (Lipinski definition) is 1. The van der Waals surface area contributed by atoms with Crippen LogP contribution in [0.25, 0.3) is 0 Å². The van der Waals surface area contributed by atoms with Gasteiger partial charge in [-0.3, -0.25) is 4.79 Å². The Hall–Kier alpha value is -3.00. The Morgan fingerprint density at radius 3 is 2.56 bits per heavy atom. The second-order valence-electron chi connectivity index (χ2n) is 5.36. The van der Waals surface area contributed by atoms with Crippen LogP contribution in [0.2, 0.25) is 0 Å². The Labute approximate surface area is 144 Å². The summed E-state index contributed by atoms with van der Waals surface area (Å²) in [5.74, 6) is -0.236. The highest BCUT2D eigenvalue weighted by molar-refractivity contribution is 5.92. The van der Waals surface area contributed by atoms with E-state index in [1.165, 1.54) is 13.3 Å². The molecule has 1 aliphatic rings. The number of benzene rings is 1. The number of anilines is 2. The Bertz CT molecular complexity index is 757. The number of amides is 1. The maximum Gasteiger partial charge on any atom is 0.337 e. The van der Waals surface area contributed by atoms with E-state index in [9.17, 15) is 9.59 Å². The van der Waals surface area contributed by atoms with E-state index in [1.54, 1.807) is 35.2 Å². The molecule has 0 spiro atoms. The molecular formula is C17H18N4O4. The van der Waals surface area contributed by atoms with Gasteiger partial charge in [-0.05, 0) is 30.3 Å². The minimum absolute atomic E-state index is 0.144. The molecule has 8 heteroatoms. The number of nitrogens with zero attached hydrogens (tertiary/aromatic N) is 3. The third kappa shape index (κ3) is 4.10. The molecule has 1 N–H and O–H groups in total. The van der Waals surface area contributed by atoms with Gasteiger partial charge in [-0.2, -0.15) is 0 Å². The number of carbonyl (C=O) groups is 2. The Morgan fingerprint density at radius 2 is 1.88 bits per heavy atom. The summed E-state index contributed by atoms with van der Waals surface area (Å²) in [7, 11) is 1.33. The summed E-state index contributed by atoms with van der Waals surface area (Å²) in [6.07, 6.45) is 1.53. The summed E-state index contributed by atoms with van der Waals surface area (Å²) in [5, 5.41) is 3.02. The predicted molar refractivity (Wildman–Crippen MR) is 89.8 cm³/mol. The topological polar surface area (TPSA) is 93.6 Å². The molecule has 8 nitrogen and oxygen atoms in total. The van der Waals surface area contributed by atoms with Crippen molar-refractivity contribution in [2.24, 2.45) is 0 Å². The highest BCUT2D eigenvalue weighted by atomic mass is 16.5. The molecule has 2 aromatic rings. The first-order valence-electron chi connectivity index (χ1n) is 7.83. The quantitative estimate of drug-likeness (QED) is 0.841. The zero-order valence-electron chi connectivity index (χ0n) is 13.8. The highest BCUT2D eigenvalue weighted by Gasteiger charge is 2.20. The van der Waals surface area contributed by atoms with Gasteiger partial charge in [0.25, 0.3) is 5.91 Å². The number of morpholine rings is 1. The number of nitrogens with one attached hydrogen (secondary N) is 1. The lowest BCUT2D eigenvalue weighted by atomic mass is 10.2. The molecule has 1 aliphatic heterocycles. The van der Waals surface area contributed by atoms with Crippen molar-refractivity contribution in [2.45, 2.75) is 0 Å². The Kier molecular flexibility index (Phi) is 5.20. The minimum atomic E-state index is -0.402. The molecule has 2 heterocycles. The maximum absolute atomic E-state index is 12.5. The molecule has 1 aromatic carbocycles. The van der Waals surface area contributed by atoms with Gasteiger partial charge < -0.3 is 19.7 Å². The van der Waals surface area contributed by atoms with Crippen LogP contribution in [0.15, 0.2) is 36.5 Å². The van der Waals surface area contributed by atoms with Crippen LogP contribution in [0.3, 0.4) is 0 Å². The summed E-state index contributed by atoms with van der Waals surface area (Å²) < 4.78 is 9.91. The molecule has 130 valence electrons. The zero-order valence-corrected chi connectivity index (χ0v) is 13.8. The van der Waals surface area contributed by atoms with Gasteiger partial charge in [0, 0.05) is 25.0 Å². The molecule has 25 heavy (non-hydrogen) atoms. The fraction of sp³-hybridized carbons (Fsp3) is 0.294. The second-order valence-corrected chi connectivity index (χ2v) is 5.36. The lowest BCUT2D eigenvalue weighted by Crippen LogP contribution is -2.41. The first kappa shape index (κ1) is 16.8. The minimum Gasteiger partial charge on any atom is -0.465 e. The standard InChI is InChI=1S/C17H18N4O4/c1-24-16(23)12-2-4-13(5-3-12)19-17-18-7-6-14(20-17)15(22)21-8-10-25-11-9-21/h2-7H,8-11H2,1H3,(H,18,19,20). The van der Waals surface area contributed by atoms with Gasteiger partial charge in [-0.15, -0.1) is 0 Å². The van der Waals surface area contributed by atoms with Crippen LogP contribution in [0, 0.1) is 0 Å². The summed E-state index contributed by atoms with van der Waals surface area (Å²) in [6.45, 7) is 2.18. The first-order chi connectivity index (χ1) is 12.2. The predicted octanol–water partition coefficient (Wildman–Crippen LogP) is 1.48. The summed E-state index contributed by atoms with van der Waals surface area (Å²) in [5.41, 5.74) is 1.47. The highest BCUT2D eigenvalue weighted by Crippen LogP contribution is 2.15. The number of aromatic nitrogens is 2. The number of rotatable bonds is 4. The molecule has 0 bridgehead atoms. The van der Waals surface area contributed by atoms with Crippen LogP contribution < -0.4 is 5.32 Å². The van der Waals surface area contributed by atoms with Crippen molar-refractivity contribution in [1.29, 1.82) is 0 Å². The van der Waals surface area contributed by atoms with Crippen molar-refractivity contribution < 1.29 is 19.1 Å². The summed E-state index contributed by atoms with van der Waals surface area (Å²) in [6, 6.07) is 8.29. The second kappa shape index (κ2) is 7.71. The van der Waals surface area contributed by atoms with Crippen molar-refractivity contribution in [3.8, 4) is 0 Å². The van der Waals surface area contributed by atoms with Crippen LogP contribution in [-0.2, 0) is 9.47 Å². The molecule has 1 fully saturated rings. The average molecular weight is 342 g/mol. The molecule has 0 unspecified atom stereocenters. The normalized spacial score (nSPS) is 14.0. The third-order valence-corrected chi connectivity index (χ3v) is 3.74. The molecule has 1 aromatic heterocycles. The smallest absolute Gasteiger partial charge is 0.337 e. The molecule has 0 aliphatic carbocycles. The molecule has 3 rings (SSSR count). The van der Waals surface area contributed by atoms with Crippen LogP contribution in [-0.4, -0.2) is 60.2 Å². The molecule has 1 amide bonds. The first-order valence-corrected chi connectivity index (χ1v) is 7.83. The van der Waals surface area contributed by atoms with Gasteiger partial charge >= 0.3 is 5.97 Å². The van der Waals surface area contributed by atoms with Gasteiger partial charge in [0.05, 0.1) is 25.9 Å². The van der Waals surface area contributed by atoms with Gasteiger partial charge in [0.1, 0.15) is 5.69 Å². The Morgan fingerprint density at radius 1 is 1.16 bits per heavy atom. The Balaban J connectivity index is 1.71. The van der Waals surface area contributed by atoms with Crippen LogP contribution in [0.1, 0.15) is 20.8 Å². The maximum atomic E-state index is 12.5. The van der Waals surface area contributed by atoms with Gasteiger partial charge in [0.15, 0.2) is 0 Å². The number of esters is 1. The van der Waals surface area contributed by atoms with Crippen molar-refractivity contribution >= 4 is 23.5 Å². The summed E-state index contributed by atoms with van der Waals surface area (Å²) >= 11 is 0. The van der Waals surface area contributed by atoms with E-state index in [0.29, 0.717) is 49.2 Å². The molecule has 1 saturated heterocycles. The lowest BCUT2D eigenvalue weighted by Gasteiger charge is -2.26. The van der Waals surface area contributed by atoms with Crippen molar-refractivity contribution in [3.63, 3.8) is 0 Å². The van der Waals surface area contributed by atoms with Crippen molar-refractivity contribution in [1.82, 2.24) is 14.9 Å².